The SMILES string of the molecule is CCCNC(COCC(F)(F)C(F)F)C1CCC1. The first-order valence-corrected chi connectivity index (χ1v) is 6.44. The van der Waals surface area contributed by atoms with Crippen molar-refractivity contribution in [1.82, 2.24) is 5.32 Å². The summed E-state index contributed by atoms with van der Waals surface area (Å²) in [6.07, 6.45) is 0.521. The summed E-state index contributed by atoms with van der Waals surface area (Å²) >= 11 is 0. The number of ether oxygens (including phenoxy) is 1. The lowest BCUT2D eigenvalue weighted by Crippen LogP contribution is -2.44. The minimum Gasteiger partial charge on any atom is -0.373 e. The molecule has 0 radical (unpaired) electrons. The number of hydrogen-bond donors (Lipinski definition) is 1. The average Bonchev–Trinajstić information content (AvgIpc) is 2.22. The van der Waals surface area contributed by atoms with Crippen molar-refractivity contribution in [2.45, 2.75) is 51.0 Å². The topological polar surface area (TPSA) is 21.3 Å². The number of nitrogens with one attached hydrogen (secondary N) is 1. The lowest BCUT2D eigenvalue weighted by Gasteiger charge is -2.34. The van der Waals surface area contributed by atoms with Crippen molar-refractivity contribution in [2.75, 3.05) is 19.8 Å². The maximum absolute atomic E-state index is 12.7. The molecule has 1 unspecified atom stereocenters. The fraction of sp³-hybridized carbons (Fsp3) is 1.00. The summed E-state index contributed by atoms with van der Waals surface area (Å²) in [6, 6.07) is 0.00664. The van der Waals surface area contributed by atoms with Crippen LogP contribution in [0, 0.1) is 5.92 Å². The van der Waals surface area contributed by atoms with E-state index >= 15 is 0 Å². The molecule has 0 aromatic rings. The van der Waals surface area contributed by atoms with Crippen LogP contribution >= 0.6 is 0 Å². The van der Waals surface area contributed by atoms with Crippen molar-refractivity contribution < 1.29 is 22.3 Å². The van der Waals surface area contributed by atoms with Crippen molar-refractivity contribution in [3.8, 4) is 0 Å². The second kappa shape index (κ2) is 7.28. The van der Waals surface area contributed by atoms with Gasteiger partial charge in [0.2, 0.25) is 0 Å². The summed E-state index contributed by atoms with van der Waals surface area (Å²) < 4.78 is 53.9. The maximum Gasteiger partial charge on any atom is 0.330 e. The van der Waals surface area contributed by atoms with Gasteiger partial charge >= 0.3 is 12.3 Å². The molecule has 0 aromatic heterocycles. The molecule has 0 heterocycles. The molecule has 1 rings (SSSR count). The largest absolute Gasteiger partial charge is 0.373 e. The standard InChI is InChI=1S/C12H21F4NO/c1-2-6-17-10(9-4-3-5-9)7-18-8-12(15,16)11(13)14/h9-11,17H,2-8H2,1H3. The molecule has 0 aliphatic heterocycles. The minimum absolute atomic E-state index is 0.00664. The highest BCUT2D eigenvalue weighted by Crippen LogP contribution is 2.30. The van der Waals surface area contributed by atoms with E-state index in [1.54, 1.807) is 0 Å². The third-order valence-corrected chi connectivity index (χ3v) is 3.29. The zero-order chi connectivity index (χ0) is 13.6. The Morgan fingerprint density at radius 3 is 2.44 bits per heavy atom. The van der Waals surface area contributed by atoms with E-state index in [1.165, 1.54) is 0 Å². The Kier molecular flexibility index (Phi) is 6.35. The smallest absolute Gasteiger partial charge is 0.330 e. The molecule has 1 fully saturated rings. The fourth-order valence-electron chi connectivity index (χ4n) is 1.92. The molecule has 0 amide bonds. The number of rotatable bonds is 9. The Labute approximate surface area is 105 Å². The molecule has 0 aromatic carbocycles. The molecule has 108 valence electrons. The monoisotopic (exact) mass is 271 g/mol. The molecule has 1 aliphatic carbocycles. The van der Waals surface area contributed by atoms with Crippen LogP contribution in [0.2, 0.25) is 0 Å². The van der Waals surface area contributed by atoms with Crippen LogP contribution in [0.25, 0.3) is 0 Å². The van der Waals surface area contributed by atoms with Crippen LogP contribution in [0.1, 0.15) is 32.6 Å². The molecule has 0 saturated heterocycles. The van der Waals surface area contributed by atoms with E-state index in [4.69, 9.17) is 4.74 Å². The van der Waals surface area contributed by atoms with E-state index in [1.807, 2.05) is 6.92 Å². The third-order valence-electron chi connectivity index (χ3n) is 3.29. The van der Waals surface area contributed by atoms with Gasteiger partial charge < -0.3 is 10.1 Å². The molecule has 18 heavy (non-hydrogen) atoms. The predicted molar refractivity (Wildman–Crippen MR) is 61.2 cm³/mol. The van der Waals surface area contributed by atoms with Gasteiger partial charge in [0, 0.05) is 6.04 Å². The molecular weight excluding hydrogens is 250 g/mol. The van der Waals surface area contributed by atoms with Crippen LogP contribution in [0.3, 0.4) is 0 Å². The lowest BCUT2D eigenvalue weighted by molar-refractivity contribution is -0.168. The van der Waals surface area contributed by atoms with E-state index in [2.05, 4.69) is 5.32 Å². The normalized spacial score (nSPS) is 19.0. The van der Waals surface area contributed by atoms with Gasteiger partial charge in [-0.05, 0) is 31.7 Å². The zero-order valence-electron chi connectivity index (χ0n) is 10.6. The van der Waals surface area contributed by atoms with Gasteiger partial charge in [0.1, 0.15) is 6.61 Å². The number of halogens is 4. The summed E-state index contributed by atoms with van der Waals surface area (Å²) in [5.41, 5.74) is 0. The predicted octanol–water partition coefficient (Wildman–Crippen LogP) is 3.07. The van der Waals surface area contributed by atoms with Crippen LogP contribution < -0.4 is 5.32 Å². The van der Waals surface area contributed by atoms with Gasteiger partial charge in [-0.15, -0.1) is 0 Å². The highest BCUT2D eigenvalue weighted by atomic mass is 19.3. The Balaban J connectivity index is 2.28. The van der Waals surface area contributed by atoms with Crippen molar-refractivity contribution in [3.05, 3.63) is 0 Å². The molecule has 1 atom stereocenters. The number of hydrogen-bond acceptors (Lipinski definition) is 2. The van der Waals surface area contributed by atoms with Crippen molar-refractivity contribution in [2.24, 2.45) is 5.92 Å². The third kappa shape index (κ3) is 4.72. The first kappa shape index (κ1) is 15.7. The molecule has 1 saturated carbocycles. The van der Waals surface area contributed by atoms with Gasteiger partial charge in [0.25, 0.3) is 0 Å². The molecule has 6 heteroatoms. The van der Waals surface area contributed by atoms with Gasteiger partial charge in [-0.2, -0.15) is 8.78 Å². The Morgan fingerprint density at radius 2 is 2.00 bits per heavy atom. The summed E-state index contributed by atoms with van der Waals surface area (Å²) in [6.45, 7) is 1.67. The lowest BCUT2D eigenvalue weighted by atomic mass is 9.80. The quantitative estimate of drug-likeness (QED) is 0.651. The van der Waals surface area contributed by atoms with E-state index in [0.29, 0.717) is 5.92 Å². The average molecular weight is 271 g/mol. The Hall–Kier alpha value is -0.360. The molecular formula is C12H21F4NO. The van der Waals surface area contributed by atoms with Crippen molar-refractivity contribution >= 4 is 0 Å². The highest BCUT2D eigenvalue weighted by molar-refractivity contribution is 4.83. The summed E-state index contributed by atoms with van der Waals surface area (Å²) in [5, 5.41) is 3.23. The highest BCUT2D eigenvalue weighted by Gasteiger charge is 2.41. The van der Waals surface area contributed by atoms with Gasteiger partial charge in [0.05, 0.1) is 6.61 Å². The first-order chi connectivity index (χ1) is 8.47. The first-order valence-electron chi connectivity index (χ1n) is 6.44. The van der Waals surface area contributed by atoms with Crippen LogP contribution in [-0.4, -0.2) is 38.1 Å². The minimum atomic E-state index is -4.05. The Morgan fingerprint density at radius 1 is 1.33 bits per heavy atom. The Bertz CT molecular complexity index is 234. The van der Waals surface area contributed by atoms with Crippen LogP contribution in [0.5, 0.6) is 0 Å². The summed E-state index contributed by atoms with van der Waals surface area (Å²) in [7, 11) is 0. The fourth-order valence-corrected chi connectivity index (χ4v) is 1.92. The van der Waals surface area contributed by atoms with Crippen LogP contribution in [0.15, 0.2) is 0 Å². The van der Waals surface area contributed by atoms with Crippen LogP contribution in [0.4, 0.5) is 17.6 Å². The van der Waals surface area contributed by atoms with Crippen molar-refractivity contribution in [3.63, 3.8) is 0 Å². The van der Waals surface area contributed by atoms with Crippen LogP contribution in [-0.2, 0) is 4.74 Å². The van der Waals surface area contributed by atoms with Gasteiger partial charge in [-0.1, -0.05) is 13.3 Å². The maximum atomic E-state index is 12.7. The van der Waals surface area contributed by atoms with Gasteiger partial charge in [0.15, 0.2) is 0 Å². The van der Waals surface area contributed by atoms with E-state index in [9.17, 15) is 17.6 Å². The summed E-state index contributed by atoms with van der Waals surface area (Å²) in [5.74, 6) is -3.62. The van der Waals surface area contributed by atoms with E-state index < -0.39 is 19.0 Å². The number of alkyl halides is 4. The second-order valence-corrected chi connectivity index (χ2v) is 4.83. The van der Waals surface area contributed by atoms with Gasteiger partial charge in [-0.25, -0.2) is 8.78 Å². The molecule has 0 bridgehead atoms. The molecule has 1 aliphatic rings. The molecule has 2 nitrogen and oxygen atoms in total. The van der Waals surface area contributed by atoms with E-state index in [0.717, 1.165) is 32.2 Å². The second-order valence-electron chi connectivity index (χ2n) is 4.83. The van der Waals surface area contributed by atoms with E-state index in [-0.39, 0.29) is 12.6 Å². The van der Waals surface area contributed by atoms with Gasteiger partial charge in [-0.3, -0.25) is 0 Å². The molecule has 1 N–H and O–H groups in total. The summed E-state index contributed by atoms with van der Waals surface area (Å²) in [4.78, 5) is 0. The zero-order valence-corrected chi connectivity index (χ0v) is 10.6. The molecule has 0 spiro atoms. The van der Waals surface area contributed by atoms with Crippen molar-refractivity contribution in [1.29, 1.82) is 0 Å².